The van der Waals surface area contributed by atoms with Gasteiger partial charge in [-0.15, -0.1) is 17.9 Å². The van der Waals surface area contributed by atoms with E-state index in [2.05, 4.69) is 6.58 Å². The van der Waals surface area contributed by atoms with Crippen LogP contribution in [0.15, 0.2) is 66.6 Å². The predicted octanol–water partition coefficient (Wildman–Crippen LogP) is 3.98. The highest BCUT2D eigenvalue weighted by atomic mass is 32.1. The molecule has 1 aromatic carbocycles. The molecule has 0 spiro atoms. The number of thiophene rings is 1. The monoisotopic (exact) mass is 269 g/mol. The Kier molecular flexibility index (Phi) is 4.70. The fourth-order valence-corrected chi connectivity index (χ4v) is 2.31. The number of amides is 1. The van der Waals surface area contributed by atoms with Crippen molar-refractivity contribution in [2.24, 2.45) is 0 Å². The van der Waals surface area contributed by atoms with Crippen molar-refractivity contribution in [2.45, 2.75) is 0 Å². The third-order valence-corrected chi connectivity index (χ3v) is 3.42. The summed E-state index contributed by atoms with van der Waals surface area (Å²) in [5, 5.41) is 1.99. The molecule has 19 heavy (non-hydrogen) atoms. The van der Waals surface area contributed by atoms with E-state index in [1.54, 1.807) is 28.4 Å². The molecule has 0 aliphatic heterocycles. The van der Waals surface area contributed by atoms with Crippen LogP contribution in [0.5, 0.6) is 0 Å². The van der Waals surface area contributed by atoms with Crippen molar-refractivity contribution in [3.63, 3.8) is 0 Å². The topological polar surface area (TPSA) is 20.3 Å². The Morgan fingerprint density at radius 1 is 1.21 bits per heavy atom. The molecule has 0 bridgehead atoms. The molecule has 3 heteroatoms. The third kappa shape index (κ3) is 3.66. The van der Waals surface area contributed by atoms with E-state index >= 15 is 0 Å². The molecule has 2 aromatic rings. The molecule has 0 unspecified atom stereocenters. The molecule has 2 nitrogen and oxygen atoms in total. The highest BCUT2D eigenvalue weighted by Gasteiger charge is 2.10. The van der Waals surface area contributed by atoms with Crippen LogP contribution in [0.1, 0.15) is 4.88 Å². The lowest BCUT2D eigenvalue weighted by atomic mass is 10.2. The zero-order valence-electron chi connectivity index (χ0n) is 10.5. The standard InChI is InChI=1S/C16H15NOS/c1-2-12-17(14-7-4-3-5-8-14)16(18)11-10-15-9-6-13-19-15/h2-11,13H,1,12H2/b11-10+. The Hall–Kier alpha value is -2.13. The summed E-state index contributed by atoms with van der Waals surface area (Å²) in [6.07, 6.45) is 5.16. The van der Waals surface area contributed by atoms with E-state index in [0.29, 0.717) is 6.54 Å². The third-order valence-electron chi connectivity index (χ3n) is 2.58. The first-order valence-corrected chi connectivity index (χ1v) is 6.88. The second kappa shape index (κ2) is 6.71. The summed E-state index contributed by atoms with van der Waals surface area (Å²) in [4.78, 5) is 15.0. The molecule has 0 N–H and O–H groups in total. The van der Waals surface area contributed by atoms with Crippen LogP contribution in [-0.2, 0) is 4.79 Å². The number of benzene rings is 1. The molecule has 1 heterocycles. The largest absolute Gasteiger partial charge is 0.305 e. The first kappa shape index (κ1) is 13.3. The van der Waals surface area contributed by atoms with Crippen molar-refractivity contribution in [3.05, 3.63) is 71.5 Å². The van der Waals surface area contributed by atoms with Gasteiger partial charge in [0.25, 0.3) is 5.91 Å². The molecule has 1 amide bonds. The van der Waals surface area contributed by atoms with Crippen LogP contribution < -0.4 is 4.90 Å². The molecule has 96 valence electrons. The van der Waals surface area contributed by atoms with E-state index in [1.165, 1.54) is 0 Å². The Balaban J connectivity index is 2.15. The van der Waals surface area contributed by atoms with Crippen molar-refractivity contribution in [1.82, 2.24) is 0 Å². The Bertz CT molecular complexity index is 558. The summed E-state index contributed by atoms with van der Waals surface area (Å²) in [5.41, 5.74) is 0.878. The van der Waals surface area contributed by atoms with E-state index < -0.39 is 0 Å². The van der Waals surface area contributed by atoms with Gasteiger partial charge >= 0.3 is 0 Å². The lowest BCUT2D eigenvalue weighted by molar-refractivity contribution is -0.114. The Morgan fingerprint density at radius 3 is 2.63 bits per heavy atom. The van der Waals surface area contributed by atoms with Crippen LogP contribution in [0.4, 0.5) is 5.69 Å². The number of carbonyl (C=O) groups excluding carboxylic acids is 1. The zero-order valence-corrected chi connectivity index (χ0v) is 11.3. The maximum Gasteiger partial charge on any atom is 0.251 e. The van der Waals surface area contributed by atoms with Crippen molar-refractivity contribution in [1.29, 1.82) is 0 Å². The smallest absolute Gasteiger partial charge is 0.251 e. The fourth-order valence-electron chi connectivity index (χ4n) is 1.69. The van der Waals surface area contributed by atoms with Gasteiger partial charge in [0.1, 0.15) is 0 Å². The van der Waals surface area contributed by atoms with Crippen LogP contribution in [0.2, 0.25) is 0 Å². The number of carbonyl (C=O) groups is 1. The van der Waals surface area contributed by atoms with Gasteiger partial charge in [0.05, 0.1) is 0 Å². The highest BCUT2D eigenvalue weighted by Crippen LogP contribution is 2.15. The van der Waals surface area contributed by atoms with Crippen molar-refractivity contribution in [3.8, 4) is 0 Å². The van der Waals surface area contributed by atoms with Crippen molar-refractivity contribution < 1.29 is 4.79 Å². The van der Waals surface area contributed by atoms with Gasteiger partial charge < -0.3 is 4.90 Å². The van der Waals surface area contributed by atoms with E-state index in [-0.39, 0.29) is 5.91 Å². The van der Waals surface area contributed by atoms with Gasteiger partial charge in [0.2, 0.25) is 0 Å². The summed E-state index contributed by atoms with van der Waals surface area (Å²) in [6.45, 7) is 4.20. The number of para-hydroxylation sites is 1. The summed E-state index contributed by atoms with van der Waals surface area (Å²) >= 11 is 1.61. The van der Waals surface area contributed by atoms with Gasteiger partial charge in [-0.3, -0.25) is 4.79 Å². The van der Waals surface area contributed by atoms with Gasteiger partial charge in [0, 0.05) is 23.2 Å². The summed E-state index contributed by atoms with van der Waals surface area (Å²) in [7, 11) is 0. The minimum atomic E-state index is -0.0421. The fraction of sp³-hybridized carbons (Fsp3) is 0.0625. The van der Waals surface area contributed by atoms with Gasteiger partial charge in [-0.25, -0.2) is 0 Å². The zero-order chi connectivity index (χ0) is 13.5. The quantitative estimate of drug-likeness (QED) is 0.594. The van der Waals surface area contributed by atoms with Gasteiger partial charge in [0.15, 0.2) is 0 Å². The molecule has 0 atom stereocenters. The Labute approximate surface area is 117 Å². The van der Waals surface area contributed by atoms with E-state index in [1.807, 2.05) is 53.9 Å². The van der Waals surface area contributed by atoms with Gasteiger partial charge in [-0.05, 0) is 29.7 Å². The molecule has 1 aromatic heterocycles. The van der Waals surface area contributed by atoms with Crippen LogP contribution in [0.3, 0.4) is 0 Å². The predicted molar refractivity (Wildman–Crippen MR) is 82.3 cm³/mol. The molecule has 0 radical (unpaired) electrons. The molecule has 0 saturated heterocycles. The van der Waals surface area contributed by atoms with E-state index in [0.717, 1.165) is 10.6 Å². The van der Waals surface area contributed by atoms with E-state index in [4.69, 9.17) is 0 Å². The van der Waals surface area contributed by atoms with Crippen molar-refractivity contribution >= 4 is 29.0 Å². The van der Waals surface area contributed by atoms with Crippen molar-refractivity contribution in [2.75, 3.05) is 11.4 Å². The second-order valence-electron chi connectivity index (χ2n) is 3.92. The lowest BCUT2D eigenvalue weighted by Crippen LogP contribution is -2.29. The first-order chi connectivity index (χ1) is 9.31. The molecular weight excluding hydrogens is 254 g/mol. The van der Waals surface area contributed by atoms with Crippen LogP contribution >= 0.6 is 11.3 Å². The molecule has 0 aliphatic rings. The maximum absolute atomic E-state index is 12.2. The van der Waals surface area contributed by atoms with E-state index in [9.17, 15) is 4.79 Å². The Morgan fingerprint density at radius 2 is 2.00 bits per heavy atom. The number of rotatable bonds is 5. The average Bonchev–Trinajstić information content (AvgIpc) is 2.96. The van der Waals surface area contributed by atoms with Crippen LogP contribution in [-0.4, -0.2) is 12.5 Å². The summed E-state index contributed by atoms with van der Waals surface area (Å²) in [5.74, 6) is -0.0421. The summed E-state index contributed by atoms with van der Waals surface area (Å²) < 4.78 is 0. The normalized spacial score (nSPS) is 10.5. The van der Waals surface area contributed by atoms with Crippen LogP contribution in [0.25, 0.3) is 6.08 Å². The minimum absolute atomic E-state index is 0.0421. The SMILES string of the molecule is C=CCN(C(=O)/C=C/c1cccs1)c1ccccc1. The molecule has 0 aliphatic carbocycles. The molecular formula is C16H15NOS. The molecule has 2 rings (SSSR count). The summed E-state index contributed by atoms with van der Waals surface area (Å²) in [6, 6.07) is 13.5. The lowest BCUT2D eigenvalue weighted by Gasteiger charge is -2.19. The second-order valence-corrected chi connectivity index (χ2v) is 4.90. The number of anilines is 1. The highest BCUT2D eigenvalue weighted by molar-refractivity contribution is 7.10. The van der Waals surface area contributed by atoms with Gasteiger partial charge in [-0.2, -0.15) is 0 Å². The van der Waals surface area contributed by atoms with Crippen LogP contribution in [0, 0.1) is 0 Å². The first-order valence-electron chi connectivity index (χ1n) is 6.00. The molecule has 0 saturated carbocycles. The molecule has 0 fully saturated rings. The maximum atomic E-state index is 12.2. The number of nitrogens with zero attached hydrogens (tertiary/aromatic N) is 1. The number of hydrogen-bond acceptors (Lipinski definition) is 2. The number of hydrogen-bond donors (Lipinski definition) is 0. The minimum Gasteiger partial charge on any atom is -0.305 e. The average molecular weight is 269 g/mol. The van der Waals surface area contributed by atoms with Gasteiger partial charge in [-0.1, -0.05) is 30.3 Å².